The number of carbonyl (C=O) groups is 2. The molecule has 1 spiro atoms. The van der Waals surface area contributed by atoms with Crippen LogP contribution < -0.4 is 10.6 Å². The van der Waals surface area contributed by atoms with E-state index in [1.165, 1.54) is 4.90 Å². The molecule has 2 heterocycles. The lowest BCUT2D eigenvalue weighted by molar-refractivity contribution is 0.109. The summed E-state index contributed by atoms with van der Waals surface area (Å²) >= 11 is 0. The fourth-order valence-corrected chi connectivity index (χ4v) is 2.92. The van der Waals surface area contributed by atoms with Gasteiger partial charge in [0.05, 0.1) is 5.54 Å². The summed E-state index contributed by atoms with van der Waals surface area (Å²) in [6.07, 6.45) is 0.302. The number of anilines is 1. The number of para-hydroxylation sites is 1. The Morgan fingerprint density at radius 3 is 2.63 bits per heavy atom. The number of hydrogen-bond donors (Lipinski definition) is 3. The smallest absolute Gasteiger partial charge is 0.407 e. The number of nitrogens with zero attached hydrogens (tertiary/aromatic N) is 1. The van der Waals surface area contributed by atoms with Crippen LogP contribution in [-0.4, -0.2) is 35.2 Å². The third-order valence-corrected chi connectivity index (χ3v) is 3.93. The average molecular weight is 261 g/mol. The van der Waals surface area contributed by atoms with Crippen molar-refractivity contribution in [2.75, 3.05) is 18.4 Å². The molecule has 0 bridgehead atoms. The van der Waals surface area contributed by atoms with Crippen LogP contribution in [-0.2, 0) is 5.54 Å². The molecule has 1 fully saturated rings. The largest absolute Gasteiger partial charge is 0.465 e. The Morgan fingerprint density at radius 2 is 1.95 bits per heavy atom. The van der Waals surface area contributed by atoms with Gasteiger partial charge in [0, 0.05) is 24.3 Å². The number of benzene rings is 1. The van der Waals surface area contributed by atoms with Gasteiger partial charge in [-0.1, -0.05) is 18.2 Å². The molecule has 2 aliphatic rings. The quantitative estimate of drug-likeness (QED) is 0.666. The number of carboxylic acid groups (broad SMARTS) is 1. The van der Waals surface area contributed by atoms with E-state index in [1.54, 1.807) is 0 Å². The summed E-state index contributed by atoms with van der Waals surface area (Å²) in [7, 11) is 0. The molecule has 2 aliphatic heterocycles. The molecule has 1 aromatic carbocycles. The first-order chi connectivity index (χ1) is 9.11. The van der Waals surface area contributed by atoms with Crippen LogP contribution in [0.2, 0.25) is 0 Å². The summed E-state index contributed by atoms with van der Waals surface area (Å²) in [5.74, 6) is 0. The van der Waals surface area contributed by atoms with E-state index in [2.05, 4.69) is 10.6 Å². The third kappa shape index (κ3) is 1.89. The summed E-state index contributed by atoms with van der Waals surface area (Å²) in [6.45, 7) is 0.869. The van der Waals surface area contributed by atoms with Gasteiger partial charge in [-0.05, 0) is 18.9 Å². The summed E-state index contributed by atoms with van der Waals surface area (Å²) < 4.78 is 0. The Morgan fingerprint density at radius 1 is 1.26 bits per heavy atom. The SMILES string of the molecule is O=C1Nc2ccccc2C2(CCN(C(=O)O)CC2)N1. The number of hydrogen-bond acceptors (Lipinski definition) is 2. The van der Waals surface area contributed by atoms with Crippen molar-refractivity contribution < 1.29 is 14.7 Å². The highest BCUT2D eigenvalue weighted by atomic mass is 16.4. The van der Waals surface area contributed by atoms with E-state index < -0.39 is 11.6 Å². The predicted molar refractivity (Wildman–Crippen MR) is 69.1 cm³/mol. The highest BCUT2D eigenvalue weighted by Crippen LogP contribution is 2.39. The number of fused-ring (bicyclic) bond motifs is 2. The second-order valence-corrected chi connectivity index (χ2v) is 4.98. The van der Waals surface area contributed by atoms with Crippen molar-refractivity contribution in [3.05, 3.63) is 29.8 Å². The summed E-state index contributed by atoms with van der Waals surface area (Å²) in [5.41, 5.74) is 1.42. The molecule has 1 saturated heterocycles. The summed E-state index contributed by atoms with van der Waals surface area (Å²) in [4.78, 5) is 24.1. The van der Waals surface area contributed by atoms with Crippen molar-refractivity contribution in [2.45, 2.75) is 18.4 Å². The molecule has 3 rings (SSSR count). The first kappa shape index (κ1) is 11.8. The number of urea groups is 1. The molecule has 19 heavy (non-hydrogen) atoms. The number of amides is 3. The van der Waals surface area contributed by atoms with Gasteiger partial charge in [0.25, 0.3) is 0 Å². The Hall–Kier alpha value is -2.24. The molecule has 6 heteroatoms. The van der Waals surface area contributed by atoms with Crippen molar-refractivity contribution in [3.63, 3.8) is 0 Å². The molecular weight excluding hydrogens is 246 g/mol. The van der Waals surface area contributed by atoms with Crippen LogP contribution in [0.4, 0.5) is 15.3 Å². The van der Waals surface area contributed by atoms with Crippen molar-refractivity contribution in [3.8, 4) is 0 Å². The minimum Gasteiger partial charge on any atom is -0.465 e. The molecular formula is C13H15N3O3. The lowest BCUT2D eigenvalue weighted by Gasteiger charge is -2.44. The molecule has 0 radical (unpaired) electrons. The normalized spacial score (nSPS) is 20.4. The zero-order valence-electron chi connectivity index (χ0n) is 10.3. The van der Waals surface area contributed by atoms with Gasteiger partial charge in [0.15, 0.2) is 0 Å². The Balaban J connectivity index is 1.93. The van der Waals surface area contributed by atoms with E-state index in [4.69, 9.17) is 5.11 Å². The van der Waals surface area contributed by atoms with E-state index in [0.717, 1.165) is 11.3 Å². The molecule has 6 nitrogen and oxygen atoms in total. The number of carbonyl (C=O) groups excluding carboxylic acids is 1. The van der Waals surface area contributed by atoms with Crippen LogP contribution in [0.3, 0.4) is 0 Å². The highest BCUT2D eigenvalue weighted by Gasteiger charge is 2.42. The second kappa shape index (κ2) is 4.15. The maximum atomic E-state index is 11.8. The number of nitrogens with one attached hydrogen (secondary N) is 2. The maximum absolute atomic E-state index is 11.8. The van der Waals surface area contributed by atoms with Crippen molar-refractivity contribution >= 4 is 17.8 Å². The van der Waals surface area contributed by atoms with Gasteiger partial charge in [-0.2, -0.15) is 0 Å². The fourth-order valence-electron chi connectivity index (χ4n) is 2.92. The number of rotatable bonds is 0. The number of piperidine rings is 1. The van der Waals surface area contributed by atoms with E-state index >= 15 is 0 Å². The molecule has 3 N–H and O–H groups in total. The van der Waals surface area contributed by atoms with Crippen LogP contribution >= 0.6 is 0 Å². The molecule has 1 aromatic rings. The third-order valence-electron chi connectivity index (χ3n) is 3.93. The zero-order chi connectivity index (χ0) is 13.5. The molecule has 3 amide bonds. The van der Waals surface area contributed by atoms with Crippen molar-refractivity contribution in [1.82, 2.24) is 10.2 Å². The Bertz CT molecular complexity index is 536. The lowest BCUT2D eigenvalue weighted by atomic mass is 9.79. The van der Waals surface area contributed by atoms with Gasteiger partial charge in [-0.15, -0.1) is 0 Å². The monoisotopic (exact) mass is 261 g/mol. The number of likely N-dealkylation sites (tertiary alicyclic amines) is 1. The Labute approximate surface area is 110 Å². The van der Waals surface area contributed by atoms with E-state index in [-0.39, 0.29) is 6.03 Å². The second-order valence-electron chi connectivity index (χ2n) is 4.98. The van der Waals surface area contributed by atoms with Crippen molar-refractivity contribution in [1.29, 1.82) is 0 Å². The van der Waals surface area contributed by atoms with Crippen LogP contribution in [0.25, 0.3) is 0 Å². The summed E-state index contributed by atoms with van der Waals surface area (Å²) in [5, 5.41) is 14.8. The van der Waals surface area contributed by atoms with E-state index in [1.807, 2.05) is 24.3 Å². The van der Waals surface area contributed by atoms with E-state index in [9.17, 15) is 9.59 Å². The topological polar surface area (TPSA) is 81.7 Å². The van der Waals surface area contributed by atoms with Crippen LogP contribution in [0.15, 0.2) is 24.3 Å². The first-order valence-corrected chi connectivity index (χ1v) is 6.27. The van der Waals surface area contributed by atoms with Gasteiger partial charge < -0.3 is 20.6 Å². The molecule has 100 valence electrons. The van der Waals surface area contributed by atoms with Gasteiger partial charge in [-0.3, -0.25) is 0 Å². The molecule has 0 atom stereocenters. The van der Waals surface area contributed by atoms with Crippen LogP contribution in [0.5, 0.6) is 0 Å². The predicted octanol–water partition coefficient (Wildman–Crippen LogP) is 1.79. The van der Waals surface area contributed by atoms with Gasteiger partial charge in [-0.25, -0.2) is 9.59 Å². The highest BCUT2D eigenvalue weighted by molar-refractivity contribution is 5.93. The van der Waals surface area contributed by atoms with Gasteiger partial charge in [0.2, 0.25) is 0 Å². The average Bonchev–Trinajstić information content (AvgIpc) is 2.39. The minimum atomic E-state index is -0.900. The summed E-state index contributed by atoms with van der Waals surface area (Å²) in [6, 6.07) is 7.45. The standard InChI is InChI=1S/C13H15N3O3/c17-11-14-10-4-2-1-3-9(10)13(15-11)5-7-16(8-6-13)12(18)19/h1-4H,5-8H2,(H,18,19)(H2,14,15,17). The van der Waals surface area contributed by atoms with E-state index in [0.29, 0.717) is 25.9 Å². The van der Waals surface area contributed by atoms with Crippen molar-refractivity contribution in [2.24, 2.45) is 0 Å². The van der Waals surface area contributed by atoms with Gasteiger partial charge in [0.1, 0.15) is 0 Å². The molecule has 0 saturated carbocycles. The van der Waals surface area contributed by atoms with Crippen LogP contribution in [0.1, 0.15) is 18.4 Å². The molecule has 0 aliphatic carbocycles. The van der Waals surface area contributed by atoms with Crippen LogP contribution in [0, 0.1) is 0 Å². The lowest BCUT2D eigenvalue weighted by Crippen LogP contribution is -2.57. The Kier molecular flexibility index (Phi) is 2.58. The zero-order valence-corrected chi connectivity index (χ0v) is 10.3. The fraction of sp³-hybridized carbons (Fsp3) is 0.385. The van der Waals surface area contributed by atoms with Gasteiger partial charge >= 0.3 is 12.1 Å². The molecule has 0 unspecified atom stereocenters. The maximum Gasteiger partial charge on any atom is 0.407 e. The minimum absolute atomic E-state index is 0.220. The first-order valence-electron chi connectivity index (χ1n) is 6.27. The molecule has 0 aromatic heterocycles.